The van der Waals surface area contributed by atoms with Crippen molar-refractivity contribution >= 4 is 11.8 Å². The Morgan fingerprint density at radius 3 is 2.42 bits per heavy atom. The highest BCUT2D eigenvalue weighted by molar-refractivity contribution is 5.97. The fourth-order valence-electron chi connectivity index (χ4n) is 2.58. The van der Waals surface area contributed by atoms with Crippen LogP contribution in [0.3, 0.4) is 0 Å². The first-order valence-corrected chi connectivity index (χ1v) is 8.37. The van der Waals surface area contributed by atoms with Gasteiger partial charge in [-0.3, -0.25) is 9.59 Å². The summed E-state index contributed by atoms with van der Waals surface area (Å²) < 4.78 is 5.29. The number of benzene rings is 2. The van der Waals surface area contributed by atoms with Gasteiger partial charge in [-0.05, 0) is 24.1 Å². The summed E-state index contributed by atoms with van der Waals surface area (Å²) in [6.07, 6.45) is 0.629. The Hall–Kier alpha value is -2.86. The van der Waals surface area contributed by atoms with Gasteiger partial charge in [0.05, 0.1) is 12.2 Å². The molecule has 0 aliphatic rings. The average Bonchev–Trinajstić information content (AvgIpc) is 2.65. The van der Waals surface area contributed by atoms with E-state index in [1.807, 2.05) is 37.3 Å². The molecule has 2 aromatic rings. The number of ether oxygens (including phenoxy) is 1. The highest BCUT2D eigenvalue weighted by Gasteiger charge is 2.25. The van der Waals surface area contributed by atoms with E-state index in [4.69, 9.17) is 10.5 Å². The molecule has 2 rings (SSSR count). The van der Waals surface area contributed by atoms with Gasteiger partial charge < -0.3 is 20.9 Å². The number of rotatable bonds is 9. The molecule has 138 valence electrons. The highest BCUT2D eigenvalue weighted by atomic mass is 16.5. The number of para-hydroxylation sites is 1. The Labute approximate surface area is 153 Å². The lowest BCUT2D eigenvalue weighted by Gasteiger charge is -2.28. The molecule has 2 aromatic carbocycles. The second-order valence-electron chi connectivity index (χ2n) is 6.56. The maximum atomic E-state index is 12.5. The summed E-state index contributed by atoms with van der Waals surface area (Å²) in [5, 5.41) is 12.6. The normalized spacial score (nSPS) is 12.8. The van der Waals surface area contributed by atoms with E-state index in [0.717, 1.165) is 5.56 Å². The fraction of sp³-hybridized carbons (Fsp3) is 0.300. The van der Waals surface area contributed by atoms with Crippen LogP contribution < -0.4 is 15.8 Å². The summed E-state index contributed by atoms with van der Waals surface area (Å²) in [5.41, 5.74) is 5.98. The molecule has 0 saturated heterocycles. The maximum Gasteiger partial charge on any atom is 0.255 e. The first-order valence-electron chi connectivity index (χ1n) is 8.37. The number of primary amides is 1. The molecule has 2 amide bonds. The van der Waals surface area contributed by atoms with Crippen molar-refractivity contribution in [2.24, 2.45) is 11.1 Å². The minimum absolute atomic E-state index is 0.0675. The predicted molar refractivity (Wildman–Crippen MR) is 98.8 cm³/mol. The molecule has 1 unspecified atom stereocenters. The van der Waals surface area contributed by atoms with Crippen LogP contribution in [0.5, 0.6) is 5.75 Å². The number of carbonyl (C=O) groups is 2. The lowest BCUT2D eigenvalue weighted by Crippen LogP contribution is -2.39. The van der Waals surface area contributed by atoms with Gasteiger partial charge in [-0.2, -0.15) is 0 Å². The van der Waals surface area contributed by atoms with Gasteiger partial charge in [0.1, 0.15) is 5.75 Å². The summed E-state index contributed by atoms with van der Waals surface area (Å²) in [6.45, 7) is 1.84. The van der Waals surface area contributed by atoms with Crippen LogP contribution in [0.4, 0.5) is 0 Å². The van der Waals surface area contributed by atoms with Gasteiger partial charge >= 0.3 is 0 Å². The highest BCUT2D eigenvalue weighted by Crippen LogP contribution is 2.22. The molecule has 1 atom stereocenters. The quantitative estimate of drug-likeness (QED) is 0.634. The number of amides is 2. The second kappa shape index (κ2) is 9.01. The molecule has 0 heterocycles. The number of aliphatic hydroxyl groups is 1. The largest absolute Gasteiger partial charge is 0.483 e. The predicted octanol–water partition coefficient (Wildman–Crippen LogP) is 1.52. The summed E-state index contributed by atoms with van der Waals surface area (Å²) in [7, 11) is 0. The summed E-state index contributed by atoms with van der Waals surface area (Å²) in [4.78, 5) is 23.4. The Morgan fingerprint density at radius 2 is 1.77 bits per heavy atom. The van der Waals surface area contributed by atoms with E-state index in [-0.39, 0.29) is 24.9 Å². The Morgan fingerprint density at radius 1 is 1.12 bits per heavy atom. The van der Waals surface area contributed by atoms with Crippen LogP contribution in [0.1, 0.15) is 22.8 Å². The van der Waals surface area contributed by atoms with E-state index >= 15 is 0 Å². The van der Waals surface area contributed by atoms with Crippen LogP contribution in [0, 0.1) is 5.41 Å². The molecule has 0 fully saturated rings. The van der Waals surface area contributed by atoms with Gasteiger partial charge in [0.15, 0.2) is 6.61 Å². The third kappa shape index (κ3) is 5.60. The molecular formula is C20H24N2O4. The van der Waals surface area contributed by atoms with Crippen molar-refractivity contribution in [3.63, 3.8) is 0 Å². The first kappa shape index (κ1) is 19.5. The number of nitrogens with one attached hydrogen (secondary N) is 1. The zero-order valence-electron chi connectivity index (χ0n) is 14.8. The summed E-state index contributed by atoms with van der Waals surface area (Å²) in [5.74, 6) is -0.661. The lowest BCUT2D eigenvalue weighted by atomic mass is 9.84. The van der Waals surface area contributed by atoms with Crippen LogP contribution >= 0.6 is 0 Å². The molecule has 0 saturated carbocycles. The Bertz CT molecular complexity index is 748. The molecule has 0 bridgehead atoms. The molecule has 6 heteroatoms. The van der Waals surface area contributed by atoms with Crippen molar-refractivity contribution in [3.05, 3.63) is 65.7 Å². The number of hydrogen-bond acceptors (Lipinski definition) is 4. The van der Waals surface area contributed by atoms with E-state index in [9.17, 15) is 14.7 Å². The smallest absolute Gasteiger partial charge is 0.255 e. The molecule has 0 aliphatic heterocycles. The Balaban J connectivity index is 2.03. The molecule has 0 spiro atoms. The van der Waals surface area contributed by atoms with Crippen molar-refractivity contribution in [1.29, 1.82) is 0 Å². The molecule has 6 nitrogen and oxygen atoms in total. The first-order chi connectivity index (χ1) is 12.4. The average molecular weight is 356 g/mol. The van der Waals surface area contributed by atoms with Crippen LogP contribution in [0.25, 0.3) is 0 Å². The van der Waals surface area contributed by atoms with Crippen LogP contribution in [-0.2, 0) is 11.2 Å². The topological polar surface area (TPSA) is 102 Å². The number of hydrogen-bond donors (Lipinski definition) is 3. The minimum Gasteiger partial charge on any atom is -0.483 e. The van der Waals surface area contributed by atoms with Gasteiger partial charge in [0.25, 0.3) is 11.8 Å². The van der Waals surface area contributed by atoms with E-state index in [0.29, 0.717) is 18.5 Å². The van der Waals surface area contributed by atoms with Crippen molar-refractivity contribution in [3.8, 4) is 5.75 Å². The molecule has 0 aliphatic carbocycles. The van der Waals surface area contributed by atoms with Crippen LogP contribution in [-0.4, -0.2) is 36.7 Å². The molecular weight excluding hydrogens is 332 g/mol. The second-order valence-corrected chi connectivity index (χ2v) is 6.56. The van der Waals surface area contributed by atoms with Crippen molar-refractivity contribution in [2.45, 2.75) is 13.3 Å². The number of carbonyl (C=O) groups excluding carboxylic acids is 2. The van der Waals surface area contributed by atoms with Crippen molar-refractivity contribution in [2.75, 3.05) is 19.8 Å². The Kier molecular flexibility index (Phi) is 6.74. The van der Waals surface area contributed by atoms with E-state index < -0.39 is 11.3 Å². The molecule has 0 aromatic heterocycles. The van der Waals surface area contributed by atoms with Gasteiger partial charge in [-0.25, -0.2) is 0 Å². The third-order valence-corrected chi connectivity index (χ3v) is 4.03. The minimum atomic E-state index is -0.615. The van der Waals surface area contributed by atoms with E-state index in [1.54, 1.807) is 24.3 Å². The number of nitrogens with two attached hydrogens (primary N) is 1. The van der Waals surface area contributed by atoms with Crippen molar-refractivity contribution in [1.82, 2.24) is 5.32 Å². The fourth-order valence-corrected chi connectivity index (χ4v) is 2.58. The van der Waals surface area contributed by atoms with Gasteiger partial charge in [0.2, 0.25) is 0 Å². The van der Waals surface area contributed by atoms with Gasteiger partial charge in [-0.15, -0.1) is 0 Å². The van der Waals surface area contributed by atoms with E-state index in [1.165, 1.54) is 0 Å². The van der Waals surface area contributed by atoms with Crippen LogP contribution in [0.2, 0.25) is 0 Å². The monoisotopic (exact) mass is 356 g/mol. The zero-order valence-corrected chi connectivity index (χ0v) is 14.8. The zero-order chi connectivity index (χ0) is 19.0. The molecule has 4 N–H and O–H groups in total. The summed E-state index contributed by atoms with van der Waals surface area (Å²) >= 11 is 0. The van der Waals surface area contributed by atoms with Gasteiger partial charge in [0, 0.05) is 12.0 Å². The van der Waals surface area contributed by atoms with Crippen molar-refractivity contribution < 1.29 is 19.4 Å². The van der Waals surface area contributed by atoms with Gasteiger partial charge in [-0.1, -0.05) is 49.4 Å². The summed E-state index contributed by atoms with van der Waals surface area (Å²) in [6, 6.07) is 16.4. The lowest BCUT2D eigenvalue weighted by molar-refractivity contribution is -0.119. The van der Waals surface area contributed by atoms with E-state index in [2.05, 4.69) is 5.32 Å². The number of aliphatic hydroxyl groups excluding tert-OH is 1. The third-order valence-electron chi connectivity index (χ3n) is 4.03. The standard InChI is InChI=1S/C20H24N2O4/c1-20(14-23,11-15-7-3-2-4-8-15)13-22-19(25)16-9-5-6-10-17(16)26-12-18(21)24/h2-10,23H,11-14H2,1H3,(H2,21,24)(H,22,25). The maximum absolute atomic E-state index is 12.5. The SMILES string of the molecule is CC(CO)(CNC(=O)c1ccccc1OCC(N)=O)Cc1ccccc1. The van der Waals surface area contributed by atoms with Crippen LogP contribution in [0.15, 0.2) is 54.6 Å². The molecule has 26 heavy (non-hydrogen) atoms. The molecule has 0 radical (unpaired) electrons.